The fourth-order valence-electron chi connectivity index (χ4n) is 1.88. The SMILES string of the molecule is CCC(CC)O[C@H]1CN[C@H](C(=O)OC)C1. The van der Waals surface area contributed by atoms with Crippen LogP contribution in [0.4, 0.5) is 0 Å². The monoisotopic (exact) mass is 215 g/mol. The quantitative estimate of drug-likeness (QED) is 0.698. The van der Waals surface area contributed by atoms with Gasteiger partial charge >= 0.3 is 5.97 Å². The van der Waals surface area contributed by atoms with Gasteiger partial charge in [-0.3, -0.25) is 4.79 Å². The van der Waals surface area contributed by atoms with Crippen LogP contribution in [0.1, 0.15) is 33.1 Å². The maximum absolute atomic E-state index is 11.2. The van der Waals surface area contributed by atoms with Crippen molar-refractivity contribution in [1.29, 1.82) is 0 Å². The van der Waals surface area contributed by atoms with E-state index >= 15 is 0 Å². The molecule has 0 saturated carbocycles. The summed E-state index contributed by atoms with van der Waals surface area (Å²) in [6.07, 6.45) is 3.24. The fourth-order valence-corrected chi connectivity index (χ4v) is 1.88. The molecule has 4 heteroatoms. The molecule has 0 bridgehead atoms. The van der Waals surface area contributed by atoms with Crippen molar-refractivity contribution in [3.63, 3.8) is 0 Å². The van der Waals surface area contributed by atoms with Crippen LogP contribution < -0.4 is 5.32 Å². The summed E-state index contributed by atoms with van der Waals surface area (Å²) in [5, 5.41) is 3.11. The molecule has 0 radical (unpaired) electrons. The number of carbonyl (C=O) groups is 1. The third-order valence-corrected chi connectivity index (χ3v) is 2.87. The minimum Gasteiger partial charge on any atom is -0.468 e. The number of hydrogen-bond donors (Lipinski definition) is 1. The van der Waals surface area contributed by atoms with Gasteiger partial charge in [0.25, 0.3) is 0 Å². The Morgan fingerprint density at radius 3 is 2.67 bits per heavy atom. The van der Waals surface area contributed by atoms with Gasteiger partial charge in [0.05, 0.1) is 19.3 Å². The number of rotatable bonds is 5. The van der Waals surface area contributed by atoms with E-state index in [0.29, 0.717) is 6.10 Å². The van der Waals surface area contributed by atoms with Crippen LogP contribution in [-0.4, -0.2) is 37.9 Å². The molecule has 1 N–H and O–H groups in total. The molecule has 0 spiro atoms. The van der Waals surface area contributed by atoms with Crippen LogP contribution in [0.3, 0.4) is 0 Å². The Kier molecular flexibility index (Phi) is 5.05. The molecular weight excluding hydrogens is 194 g/mol. The smallest absolute Gasteiger partial charge is 0.322 e. The minimum absolute atomic E-state index is 0.152. The molecule has 88 valence electrons. The lowest BCUT2D eigenvalue weighted by molar-refractivity contribution is -0.143. The first-order valence-electron chi connectivity index (χ1n) is 5.67. The second-order valence-electron chi connectivity index (χ2n) is 3.92. The average molecular weight is 215 g/mol. The third-order valence-electron chi connectivity index (χ3n) is 2.87. The van der Waals surface area contributed by atoms with Gasteiger partial charge in [0, 0.05) is 13.0 Å². The number of methoxy groups -OCH3 is 1. The highest BCUT2D eigenvalue weighted by atomic mass is 16.5. The number of ether oxygens (including phenoxy) is 2. The highest BCUT2D eigenvalue weighted by Crippen LogP contribution is 2.16. The Morgan fingerprint density at radius 1 is 1.47 bits per heavy atom. The first-order chi connectivity index (χ1) is 7.21. The molecule has 1 aliphatic rings. The van der Waals surface area contributed by atoms with Crippen LogP contribution in [0, 0.1) is 0 Å². The molecule has 0 aromatic rings. The van der Waals surface area contributed by atoms with Gasteiger partial charge in [-0.15, -0.1) is 0 Å². The molecule has 1 aliphatic heterocycles. The number of hydrogen-bond acceptors (Lipinski definition) is 4. The van der Waals surface area contributed by atoms with E-state index in [4.69, 9.17) is 4.74 Å². The molecule has 0 aromatic carbocycles. The van der Waals surface area contributed by atoms with E-state index in [1.54, 1.807) is 0 Å². The van der Waals surface area contributed by atoms with E-state index in [9.17, 15) is 4.79 Å². The zero-order valence-corrected chi connectivity index (χ0v) is 9.79. The largest absolute Gasteiger partial charge is 0.468 e. The van der Waals surface area contributed by atoms with Crippen molar-refractivity contribution in [2.45, 2.75) is 51.4 Å². The van der Waals surface area contributed by atoms with Gasteiger partial charge in [-0.2, -0.15) is 0 Å². The topological polar surface area (TPSA) is 47.6 Å². The molecule has 0 unspecified atom stereocenters. The second kappa shape index (κ2) is 6.08. The van der Waals surface area contributed by atoms with Gasteiger partial charge < -0.3 is 14.8 Å². The minimum atomic E-state index is -0.189. The number of carbonyl (C=O) groups excluding carboxylic acids is 1. The Hall–Kier alpha value is -0.610. The Labute approximate surface area is 91.3 Å². The Balaban J connectivity index is 2.33. The van der Waals surface area contributed by atoms with Crippen LogP contribution in [0.5, 0.6) is 0 Å². The molecule has 1 rings (SSSR count). The fraction of sp³-hybridized carbons (Fsp3) is 0.909. The van der Waals surface area contributed by atoms with Gasteiger partial charge in [-0.05, 0) is 12.8 Å². The third kappa shape index (κ3) is 3.47. The number of esters is 1. The lowest BCUT2D eigenvalue weighted by Crippen LogP contribution is -2.31. The zero-order chi connectivity index (χ0) is 11.3. The van der Waals surface area contributed by atoms with Crippen LogP contribution in [0.2, 0.25) is 0 Å². The highest BCUT2D eigenvalue weighted by Gasteiger charge is 2.31. The molecule has 0 aliphatic carbocycles. The summed E-state index contributed by atoms with van der Waals surface area (Å²) in [5.41, 5.74) is 0. The van der Waals surface area contributed by atoms with Crippen molar-refractivity contribution < 1.29 is 14.3 Å². The van der Waals surface area contributed by atoms with E-state index in [1.165, 1.54) is 7.11 Å². The molecule has 0 aromatic heterocycles. The van der Waals surface area contributed by atoms with E-state index in [-0.39, 0.29) is 18.1 Å². The van der Waals surface area contributed by atoms with Crippen molar-refractivity contribution in [2.24, 2.45) is 0 Å². The maximum Gasteiger partial charge on any atom is 0.322 e. The predicted molar refractivity (Wildman–Crippen MR) is 57.7 cm³/mol. The highest BCUT2D eigenvalue weighted by molar-refractivity contribution is 5.76. The summed E-state index contributed by atoms with van der Waals surface area (Å²) in [4.78, 5) is 11.2. The zero-order valence-electron chi connectivity index (χ0n) is 9.79. The molecule has 1 saturated heterocycles. The van der Waals surface area contributed by atoms with Gasteiger partial charge in [0.2, 0.25) is 0 Å². The summed E-state index contributed by atoms with van der Waals surface area (Å²) in [7, 11) is 1.42. The van der Waals surface area contributed by atoms with Gasteiger partial charge in [0.15, 0.2) is 0 Å². The first-order valence-corrected chi connectivity index (χ1v) is 5.67. The lowest BCUT2D eigenvalue weighted by Gasteiger charge is -2.18. The molecule has 1 fully saturated rings. The van der Waals surface area contributed by atoms with Gasteiger partial charge in [0.1, 0.15) is 6.04 Å². The van der Waals surface area contributed by atoms with Crippen molar-refractivity contribution in [3.8, 4) is 0 Å². The summed E-state index contributed by atoms with van der Waals surface area (Å²) in [6, 6.07) is -0.186. The molecule has 15 heavy (non-hydrogen) atoms. The molecule has 2 atom stereocenters. The average Bonchev–Trinajstić information content (AvgIpc) is 2.73. The Morgan fingerprint density at radius 2 is 2.13 bits per heavy atom. The predicted octanol–water partition coefficient (Wildman–Crippen LogP) is 1.10. The summed E-state index contributed by atoms with van der Waals surface area (Å²) in [6.45, 7) is 4.99. The van der Waals surface area contributed by atoms with E-state index in [2.05, 4.69) is 23.9 Å². The van der Waals surface area contributed by atoms with Crippen LogP contribution in [0.15, 0.2) is 0 Å². The summed E-state index contributed by atoms with van der Waals surface area (Å²) in [5.74, 6) is -0.189. The van der Waals surface area contributed by atoms with Crippen molar-refractivity contribution >= 4 is 5.97 Å². The molecular formula is C11H21NO3. The van der Waals surface area contributed by atoms with E-state index in [1.807, 2.05) is 0 Å². The molecule has 4 nitrogen and oxygen atoms in total. The second-order valence-corrected chi connectivity index (χ2v) is 3.92. The van der Waals surface area contributed by atoms with Crippen LogP contribution >= 0.6 is 0 Å². The maximum atomic E-state index is 11.2. The van der Waals surface area contributed by atoms with E-state index in [0.717, 1.165) is 25.8 Å². The van der Waals surface area contributed by atoms with Crippen LogP contribution in [-0.2, 0) is 14.3 Å². The van der Waals surface area contributed by atoms with Crippen molar-refractivity contribution in [2.75, 3.05) is 13.7 Å². The number of nitrogens with one attached hydrogen (secondary N) is 1. The van der Waals surface area contributed by atoms with Crippen molar-refractivity contribution in [3.05, 3.63) is 0 Å². The molecule has 0 amide bonds. The molecule has 1 heterocycles. The normalized spacial score (nSPS) is 25.9. The Bertz CT molecular complexity index is 204. The lowest BCUT2D eigenvalue weighted by atomic mass is 10.2. The standard InChI is InChI=1S/C11H21NO3/c1-4-8(5-2)15-9-6-10(12-7-9)11(13)14-3/h8-10,12H,4-7H2,1-3H3/t9-,10+/m1/s1. The van der Waals surface area contributed by atoms with E-state index < -0.39 is 0 Å². The van der Waals surface area contributed by atoms with Gasteiger partial charge in [-0.1, -0.05) is 13.8 Å². The first kappa shape index (κ1) is 12.5. The summed E-state index contributed by atoms with van der Waals surface area (Å²) < 4.78 is 10.5. The summed E-state index contributed by atoms with van der Waals surface area (Å²) >= 11 is 0. The van der Waals surface area contributed by atoms with Crippen molar-refractivity contribution in [1.82, 2.24) is 5.32 Å². The van der Waals surface area contributed by atoms with Gasteiger partial charge in [-0.25, -0.2) is 0 Å². The van der Waals surface area contributed by atoms with Crippen LogP contribution in [0.25, 0.3) is 0 Å².